The van der Waals surface area contributed by atoms with E-state index in [0.717, 1.165) is 31.4 Å². The fourth-order valence-electron chi connectivity index (χ4n) is 4.30. The van der Waals surface area contributed by atoms with E-state index in [1.54, 1.807) is 6.07 Å². The summed E-state index contributed by atoms with van der Waals surface area (Å²) < 4.78 is 44.9. The van der Waals surface area contributed by atoms with E-state index in [1.807, 2.05) is 18.2 Å². The molecule has 142 valence electrons. The quantitative estimate of drug-likeness (QED) is 0.698. The Bertz CT molecular complexity index is 844. The summed E-state index contributed by atoms with van der Waals surface area (Å²) in [4.78, 5) is 2.48. The third-order valence-corrected chi connectivity index (χ3v) is 5.62. The molecule has 1 saturated heterocycles. The van der Waals surface area contributed by atoms with Gasteiger partial charge in [0.25, 0.3) is 0 Å². The molecule has 0 spiro atoms. The van der Waals surface area contributed by atoms with Crippen molar-refractivity contribution < 1.29 is 17.9 Å². The molecule has 5 heteroatoms. The van der Waals surface area contributed by atoms with Crippen LogP contribution in [-0.4, -0.2) is 24.1 Å². The van der Waals surface area contributed by atoms with Gasteiger partial charge in [-0.15, -0.1) is 0 Å². The predicted octanol–water partition coefficient (Wildman–Crippen LogP) is 5.53. The van der Waals surface area contributed by atoms with Crippen LogP contribution in [0.2, 0.25) is 0 Å². The van der Waals surface area contributed by atoms with Crippen molar-refractivity contribution >= 4 is 5.57 Å². The zero-order valence-corrected chi connectivity index (χ0v) is 15.2. The van der Waals surface area contributed by atoms with Gasteiger partial charge >= 0.3 is 6.18 Å². The second-order valence-corrected chi connectivity index (χ2v) is 7.27. The van der Waals surface area contributed by atoms with Gasteiger partial charge in [0.15, 0.2) is 0 Å². The van der Waals surface area contributed by atoms with Crippen LogP contribution >= 0.6 is 0 Å². The summed E-state index contributed by atoms with van der Waals surface area (Å²) in [7, 11) is 1.27. The minimum Gasteiger partial charge on any atom is -0.496 e. The molecule has 27 heavy (non-hydrogen) atoms. The van der Waals surface area contributed by atoms with E-state index in [4.69, 9.17) is 4.74 Å². The number of hydrogen-bond donors (Lipinski definition) is 0. The van der Waals surface area contributed by atoms with Crippen LogP contribution in [0.3, 0.4) is 0 Å². The SMILES string of the molecule is COc1ccc(C2=CC3CCC(C2)N3Cc2ccccc2)cc1C(F)(F)F. The van der Waals surface area contributed by atoms with Crippen LogP contribution in [0.5, 0.6) is 5.75 Å². The number of benzene rings is 2. The number of alkyl halides is 3. The van der Waals surface area contributed by atoms with E-state index in [2.05, 4.69) is 23.1 Å². The highest BCUT2D eigenvalue weighted by Crippen LogP contribution is 2.42. The van der Waals surface area contributed by atoms with Crippen LogP contribution in [-0.2, 0) is 12.7 Å². The standard InChI is InChI=1S/C22H22F3NO/c1-27-21-10-7-16(13-20(21)22(23,24)25)17-11-18-8-9-19(12-17)26(18)14-15-5-3-2-4-6-15/h2-7,10-11,13,18-19H,8-9,12,14H2,1H3. The first kappa shape index (κ1) is 18.1. The molecule has 2 aliphatic rings. The van der Waals surface area contributed by atoms with Gasteiger partial charge in [0.1, 0.15) is 5.75 Å². The van der Waals surface area contributed by atoms with Crippen LogP contribution in [0.1, 0.15) is 36.0 Å². The van der Waals surface area contributed by atoms with E-state index >= 15 is 0 Å². The maximum Gasteiger partial charge on any atom is 0.419 e. The molecule has 0 saturated carbocycles. The monoisotopic (exact) mass is 373 g/mol. The largest absolute Gasteiger partial charge is 0.496 e. The van der Waals surface area contributed by atoms with Gasteiger partial charge in [-0.05, 0) is 48.1 Å². The van der Waals surface area contributed by atoms with E-state index < -0.39 is 11.7 Å². The van der Waals surface area contributed by atoms with E-state index in [-0.39, 0.29) is 11.8 Å². The number of hydrogen-bond acceptors (Lipinski definition) is 2. The third-order valence-electron chi connectivity index (χ3n) is 5.62. The first-order chi connectivity index (χ1) is 13.0. The molecule has 2 aromatic rings. The van der Waals surface area contributed by atoms with Crippen LogP contribution < -0.4 is 4.74 Å². The molecule has 2 unspecified atom stereocenters. The highest BCUT2D eigenvalue weighted by Gasteiger charge is 2.38. The number of rotatable bonds is 4. The Morgan fingerprint density at radius 2 is 1.85 bits per heavy atom. The number of ether oxygens (including phenoxy) is 1. The molecule has 2 aliphatic heterocycles. The average Bonchev–Trinajstić information content (AvgIpc) is 2.89. The first-order valence-corrected chi connectivity index (χ1v) is 9.21. The van der Waals surface area contributed by atoms with Crippen molar-refractivity contribution in [2.45, 2.75) is 44.1 Å². The highest BCUT2D eigenvalue weighted by atomic mass is 19.4. The number of fused-ring (bicyclic) bond motifs is 2. The summed E-state index contributed by atoms with van der Waals surface area (Å²) in [6.07, 6.45) is 0.666. The molecule has 0 amide bonds. The Labute approximate surface area is 157 Å². The lowest BCUT2D eigenvalue weighted by Gasteiger charge is -2.34. The van der Waals surface area contributed by atoms with Gasteiger partial charge in [0, 0.05) is 18.6 Å². The zero-order chi connectivity index (χ0) is 19.0. The number of methoxy groups -OCH3 is 1. The van der Waals surface area contributed by atoms with Crippen molar-refractivity contribution in [2.75, 3.05) is 7.11 Å². The van der Waals surface area contributed by atoms with Gasteiger partial charge in [-0.2, -0.15) is 13.2 Å². The van der Waals surface area contributed by atoms with Crippen LogP contribution in [0.25, 0.3) is 5.57 Å². The van der Waals surface area contributed by atoms with Crippen molar-refractivity contribution in [1.29, 1.82) is 0 Å². The third kappa shape index (κ3) is 3.61. The van der Waals surface area contributed by atoms with Gasteiger partial charge in [0.2, 0.25) is 0 Å². The summed E-state index contributed by atoms with van der Waals surface area (Å²) in [6, 6.07) is 15.4. The fourth-order valence-corrected chi connectivity index (χ4v) is 4.30. The lowest BCUT2D eigenvalue weighted by molar-refractivity contribution is -0.138. The zero-order valence-electron chi connectivity index (χ0n) is 15.2. The van der Waals surface area contributed by atoms with Crippen LogP contribution in [0.15, 0.2) is 54.6 Å². The van der Waals surface area contributed by atoms with Gasteiger partial charge in [0.05, 0.1) is 12.7 Å². The van der Waals surface area contributed by atoms with Gasteiger partial charge in [-0.1, -0.05) is 42.5 Å². The minimum absolute atomic E-state index is 0.128. The Balaban J connectivity index is 1.61. The molecule has 0 aliphatic carbocycles. The Hall–Kier alpha value is -2.27. The molecule has 1 fully saturated rings. The van der Waals surface area contributed by atoms with Crippen LogP contribution in [0, 0.1) is 0 Å². The van der Waals surface area contributed by atoms with Crippen molar-refractivity contribution in [3.05, 3.63) is 71.3 Å². The topological polar surface area (TPSA) is 12.5 Å². The Kier molecular flexibility index (Phi) is 4.72. The molecule has 0 aromatic heterocycles. The van der Waals surface area contributed by atoms with Gasteiger partial charge in [-0.25, -0.2) is 0 Å². The molecule has 2 aromatic carbocycles. The van der Waals surface area contributed by atoms with Crippen molar-refractivity contribution in [3.63, 3.8) is 0 Å². The molecule has 0 N–H and O–H groups in total. The summed E-state index contributed by atoms with van der Waals surface area (Å²) in [5.74, 6) is -0.128. The van der Waals surface area contributed by atoms with E-state index in [1.165, 1.54) is 24.8 Å². The summed E-state index contributed by atoms with van der Waals surface area (Å²) >= 11 is 0. The van der Waals surface area contributed by atoms with Crippen molar-refractivity contribution in [1.82, 2.24) is 4.90 Å². The normalized spacial score (nSPS) is 22.6. The molecular weight excluding hydrogens is 351 g/mol. The molecule has 0 radical (unpaired) electrons. The predicted molar refractivity (Wildman–Crippen MR) is 99.4 cm³/mol. The first-order valence-electron chi connectivity index (χ1n) is 9.21. The average molecular weight is 373 g/mol. The molecule has 2 bridgehead atoms. The second kappa shape index (κ2) is 7.04. The maximum atomic E-state index is 13.3. The van der Waals surface area contributed by atoms with Gasteiger partial charge < -0.3 is 4.74 Å². The molecular formula is C22H22F3NO. The second-order valence-electron chi connectivity index (χ2n) is 7.27. The highest BCUT2D eigenvalue weighted by molar-refractivity contribution is 5.69. The Morgan fingerprint density at radius 3 is 2.52 bits per heavy atom. The number of nitrogens with zero attached hydrogens (tertiary/aromatic N) is 1. The molecule has 2 atom stereocenters. The summed E-state index contributed by atoms with van der Waals surface area (Å²) in [6.45, 7) is 0.885. The summed E-state index contributed by atoms with van der Waals surface area (Å²) in [5, 5.41) is 0. The molecule has 2 nitrogen and oxygen atoms in total. The molecule has 4 rings (SSSR count). The van der Waals surface area contributed by atoms with E-state index in [0.29, 0.717) is 11.6 Å². The van der Waals surface area contributed by atoms with E-state index in [9.17, 15) is 13.2 Å². The van der Waals surface area contributed by atoms with Crippen molar-refractivity contribution in [3.8, 4) is 5.75 Å². The minimum atomic E-state index is -4.42. The lowest BCUT2D eigenvalue weighted by Crippen LogP contribution is -2.37. The van der Waals surface area contributed by atoms with Gasteiger partial charge in [-0.3, -0.25) is 4.90 Å². The lowest BCUT2D eigenvalue weighted by atomic mass is 9.93. The van der Waals surface area contributed by atoms with Crippen molar-refractivity contribution in [2.24, 2.45) is 0 Å². The Morgan fingerprint density at radius 1 is 1.07 bits per heavy atom. The maximum absolute atomic E-state index is 13.3. The van der Waals surface area contributed by atoms with Crippen LogP contribution in [0.4, 0.5) is 13.2 Å². The summed E-state index contributed by atoms with van der Waals surface area (Å²) in [5.41, 5.74) is 2.23. The molecule has 2 heterocycles. The smallest absolute Gasteiger partial charge is 0.419 e. The fraction of sp³-hybridized carbons (Fsp3) is 0.364. The number of halogens is 3.